The number of fused-ring (bicyclic) bond motifs is 2. The van der Waals surface area contributed by atoms with Crippen molar-refractivity contribution in [1.82, 2.24) is 15.1 Å². The number of methoxy groups -OCH3 is 1. The zero-order chi connectivity index (χ0) is 20.0. The molecule has 1 saturated heterocycles. The summed E-state index contributed by atoms with van der Waals surface area (Å²) in [4.78, 5) is 27.7. The SMILES string of the molecule is COc1ccc2c(c1)C(=O)CC1(CCN(C(=O)c3cccc4cn[nH]c34)CC1)O2. The van der Waals surface area contributed by atoms with Crippen LogP contribution in [0.25, 0.3) is 10.9 Å². The van der Waals surface area contributed by atoms with Gasteiger partial charge in [0.05, 0.1) is 36.4 Å². The first-order valence-corrected chi connectivity index (χ1v) is 9.70. The predicted molar refractivity (Wildman–Crippen MR) is 107 cm³/mol. The number of nitrogens with zero attached hydrogens (tertiary/aromatic N) is 2. The normalized spacial score (nSPS) is 17.8. The minimum absolute atomic E-state index is 0.0260. The largest absolute Gasteiger partial charge is 0.497 e. The number of para-hydroxylation sites is 1. The molecule has 1 aromatic heterocycles. The van der Waals surface area contributed by atoms with E-state index < -0.39 is 5.60 Å². The van der Waals surface area contributed by atoms with Gasteiger partial charge in [0.25, 0.3) is 5.91 Å². The zero-order valence-electron chi connectivity index (χ0n) is 16.1. The molecule has 0 bridgehead atoms. The molecule has 7 heteroatoms. The highest BCUT2D eigenvalue weighted by molar-refractivity contribution is 6.05. The van der Waals surface area contributed by atoms with Gasteiger partial charge in [0.15, 0.2) is 5.78 Å². The van der Waals surface area contributed by atoms with E-state index in [0.29, 0.717) is 55.0 Å². The first-order valence-electron chi connectivity index (χ1n) is 9.70. The van der Waals surface area contributed by atoms with E-state index in [1.54, 1.807) is 31.5 Å². The summed E-state index contributed by atoms with van der Waals surface area (Å²) in [6.45, 7) is 1.09. The number of aromatic nitrogens is 2. The summed E-state index contributed by atoms with van der Waals surface area (Å²) in [5.74, 6) is 1.28. The second kappa shape index (κ2) is 6.62. The molecule has 3 aromatic rings. The number of hydrogen-bond acceptors (Lipinski definition) is 5. The minimum atomic E-state index is -0.546. The molecule has 148 valence electrons. The van der Waals surface area contributed by atoms with Crippen LogP contribution in [0.3, 0.4) is 0 Å². The second-order valence-corrected chi connectivity index (χ2v) is 7.68. The van der Waals surface area contributed by atoms with Gasteiger partial charge in [-0.3, -0.25) is 14.7 Å². The van der Waals surface area contributed by atoms with Crippen LogP contribution in [0, 0.1) is 0 Å². The van der Waals surface area contributed by atoms with Gasteiger partial charge in [-0.05, 0) is 24.3 Å². The van der Waals surface area contributed by atoms with Crippen LogP contribution in [-0.2, 0) is 0 Å². The summed E-state index contributed by atoms with van der Waals surface area (Å²) in [6, 6.07) is 10.9. The highest BCUT2D eigenvalue weighted by Gasteiger charge is 2.44. The van der Waals surface area contributed by atoms with Crippen molar-refractivity contribution in [3.8, 4) is 11.5 Å². The van der Waals surface area contributed by atoms with Crippen LogP contribution in [0.2, 0.25) is 0 Å². The number of ketones is 1. The van der Waals surface area contributed by atoms with Crippen LogP contribution < -0.4 is 9.47 Å². The molecule has 0 atom stereocenters. The second-order valence-electron chi connectivity index (χ2n) is 7.68. The molecule has 0 radical (unpaired) electrons. The predicted octanol–water partition coefficient (Wildman–Crippen LogP) is 3.21. The van der Waals surface area contributed by atoms with Crippen molar-refractivity contribution in [2.24, 2.45) is 0 Å². The Balaban J connectivity index is 1.34. The quantitative estimate of drug-likeness (QED) is 0.725. The number of piperidine rings is 1. The van der Waals surface area contributed by atoms with Crippen LogP contribution in [0.1, 0.15) is 40.0 Å². The Morgan fingerprint density at radius 1 is 1.24 bits per heavy atom. The summed E-state index contributed by atoms with van der Waals surface area (Å²) in [6.07, 6.45) is 3.28. The lowest BCUT2D eigenvalue weighted by molar-refractivity contribution is -0.00572. The third-order valence-electron chi connectivity index (χ3n) is 5.97. The average molecular weight is 391 g/mol. The van der Waals surface area contributed by atoms with Crippen molar-refractivity contribution in [3.63, 3.8) is 0 Å². The molecule has 0 aliphatic carbocycles. The number of aromatic amines is 1. The van der Waals surface area contributed by atoms with E-state index >= 15 is 0 Å². The maximum Gasteiger partial charge on any atom is 0.256 e. The van der Waals surface area contributed by atoms with Gasteiger partial charge in [-0.1, -0.05) is 12.1 Å². The van der Waals surface area contributed by atoms with E-state index in [9.17, 15) is 9.59 Å². The summed E-state index contributed by atoms with van der Waals surface area (Å²) in [5.41, 5.74) is 1.40. The van der Waals surface area contributed by atoms with Gasteiger partial charge in [0, 0.05) is 31.3 Å². The molecule has 0 saturated carbocycles. The Labute approximate surface area is 167 Å². The van der Waals surface area contributed by atoms with E-state index in [-0.39, 0.29) is 11.7 Å². The molecule has 1 amide bonds. The van der Waals surface area contributed by atoms with Crippen molar-refractivity contribution < 1.29 is 19.1 Å². The number of amides is 1. The van der Waals surface area contributed by atoms with Gasteiger partial charge in [-0.2, -0.15) is 5.10 Å². The number of rotatable bonds is 2. The summed E-state index contributed by atoms with van der Waals surface area (Å²) in [5, 5.41) is 7.87. The van der Waals surface area contributed by atoms with Crippen LogP contribution in [0.5, 0.6) is 11.5 Å². The van der Waals surface area contributed by atoms with Gasteiger partial charge in [-0.25, -0.2) is 0 Å². The van der Waals surface area contributed by atoms with Gasteiger partial charge >= 0.3 is 0 Å². The van der Waals surface area contributed by atoms with Crippen molar-refractivity contribution in [3.05, 3.63) is 53.7 Å². The number of nitrogens with one attached hydrogen (secondary N) is 1. The Kier molecular flexibility index (Phi) is 4.04. The fourth-order valence-electron chi connectivity index (χ4n) is 4.31. The highest BCUT2D eigenvalue weighted by atomic mass is 16.5. The smallest absolute Gasteiger partial charge is 0.256 e. The Morgan fingerprint density at radius 3 is 2.86 bits per heavy atom. The molecule has 1 fully saturated rings. The van der Waals surface area contributed by atoms with Crippen molar-refractivity contribution in [1.29, 1.82) is 0 Å². The Bertz CT molecular complexity index is 1110. The maximum atomic E-state index is 13.1. The Hall–Kier alpha value is -3.35. The number of Topliss-reactive ketones (excluding diaryl/α,β-unsaturated/α-hetero) is 1. The molecule has 7 nitrogen and oxygen atoms in total. The minimum Gasteiger partial charge on any atom is -0.497 e. The number of H-pyrrole nitrogens is 1. The van der Waals surface area contributed by atoms with Gasteiger partial charge in [0.1, 0.15) is 17.1 Å². The first-order chi connectivity index (χ1) is 14.1. The number of carbonyl (C=O) groups is 2. The number of likely N-dealkylation sites (tertiary alicyclic amines) is 1. The fourth-order valence-corrected chi connectivity index (χ4v) is 4.31. The molecule has 2 aliphatic rings. The number of benzene rings is 2. The lowest BCUT2D eigenvalue weighted by Crippen LogP contribution is -2.52. The molecular formula is C22H21N3O4. The standard InChI is InChI=1S/C22H21N3O4/c1-28-15-5-6-19-17(11-15)18(26)12-22(29-19)7-9-25(10-8-22)21(27)16-4-2-3-14-13-23-24-20(14)16/h2-6,11,13H,7-10,12H2,1H3,(H,23,24). The number of hydrogen-bond donors (Lipinski definition) is 1. The molecule has 3 heterocycles. The highest BCUT2D eigenvalue weighted by Crippen LogP contribution is 2.40. The van der Waals surface area contributed by atoms with E-state index in [1.807, 2.05) is 23.1 Å². The van der Waals surface area contributed by atoms with Crippen LogP contribution in [0.15, 0.2) is 42.6 Å². The molecule has 5 rings (SSSR count). The molecular weight excluding hydrogens is 370 g/mol. The van der Waals surface area contributed by atoms with Crippen LogP contribution in [-0.4, -0.2) is 52.6 Å². The average Bonchev–Trinajstić information content (AvgIpc) is 3.22. The van der Waals surface area contributed by atoms with E-state index in [4.69, 9.17) is 9.47 Å². The third kappa shape index (κ3) is 2.93. The number of ether oxygens (including phenoxy) is 2. The van der Waals surface area contributed by atoms with E-state index in [1.165, 1.54) is 0 Å². The lowest BCUT2D eigenvalue weighted by Gasteiger charge is -2.44. The fraction of sp³-hybridized carbons (Fsp3) is 0.318. The van der Waals surface area contributed by atoms with E-state index in [0.717, 1.165) is 10.9 Å². The van der Waals surface area contributed by atoms with Crippen LogP contribution in [0.4, 0.5) is 0 Å². The number of carbonyl (C=O) groups excluding carboxylic acids is 2. The molecule has 2 aromatic carbocycles. The lowest BCUT2D eigenvalue weighted by atomic mass is 9.82. The molecule has 1 spiro atoms. The molecule has 0 unspecified atom stereocenters. The van der Waals surface area contributed by atoms with Crippen molar-refractivity contribution in [2.75, 3.05) is 20.2 Å². The summed E-state index contributed by atoms with van der Waals surface area (Å²) in [7, 11) is 1.58. The van der Waals surface area contributed by atoms with Crippen molar-refractivity contribution >= 4 is 22.6 Å². The molecule has 1 N–H and O–H groups in total. The monoisotopic (exact) mass is 391 g/mol. The maximum absolute atomic E-state index is 13.1. The van der Waals surface area contributed by atoms with Gasteiger partial charge in [0.2, 0.25) is 0 Å². The van der Waals surface area contributed by atoms with Gasteiger partial charge in [-0.15, -0.1) is 0 Å². The summed E-state index contributed by atoms with van der Waals surface area (Å²) >= 11 is 0. The molecule has 2 aliphatic heterocycles. The van der Waals surface area contributed by atoms with E-state index in [2.05, 4.69) is 10.2 Å². The topological polar surface area (TPSA) is 84.5 Å². The van der Waals surface area contributed by atoms with Gasteiger partial charge < -0.3 is 14.4 Å². The first kappa shape index (κ1) is 17.7. The van der Waals surface area contributed by atoms with Crippen molar-refractivity contribution in [2.45, 2.75) is 24.9 Å². The molecule has 29 heavy (non-hydrogen) atoms. The third-order valence-corrected chi connectivity index (χ3v) is 5.97. The zero-order valence-corrected chi connectivity index (χ0v) is 16.1. The Morgan fingerprint density at radius 2 is 2.07 bits per heavy atom. The summed E-state index contributed by atoms with van der Waals surface area (Å²) < 4.78 is 11.5. The van der Waals surface area contributed by atoms with Crippen LogP contribution >= 0.6 is 0 Å².